The fourth-order valence-electron chi connectivity index (χ4n) is 2.26. The first-order valence-corrected chi connectivity index (χ1v) is 6.10. The lowest BCUT2D eigenvalue weighted by Crippen LogP contribution is -2.44. The van der Waals surface area contributed by atoms with Crippen LogP contribution >= 0.6 is 11.3 Å². The molecule has 3 heterocycles. The quantitative estimate of drug-likeness (QED) is 0.689. The molecule has 1 aromatic heterocycles. The molecule has 0 aromatic carbocycles. The van der Waals surface area contributed by atoms with Crippen LogP contribution in [0.3, 0.4) is 0 Å². The van der Waals surface area contributed by atoms with Crippen LogP contribution in [0, 0.1) is 6.92 Å². The van der Waals surface area contributed by atoms with Gasteiger partial charge in [0.2, 0.25) is 0 Å². The third-order valence-electron chi connectivity index (χ3n) is 3.02. The number of hydrogen-bond acceptors (Lipinski definition) is 4. The standard InChI is InChI=1S/C11H11NO3S/c1-6-2-9(16-5-6)10(13)12-4-7-3-8(12)11(14)15-7/h2,5,7-8H,3-4H2,1H3/t7-,8+/m1/s1. The Bertz CT molecular complexity index is 468. The Morgan fingerprint density at radius 2 is 2.44 bits per heavy atom. The van der Waals surface area contributed by atoms with Gasteiger partial charge in [-0.2, -0.15) is 0 Å². The summed E-state index contributed by atoms with van der Waals surface area (Å²) in [6, 6.07) is 1.52. The predicted octanol–water partition coefficient (Wildman–Crippen LogP) is 1.20. The molecular formula is C11H11NO3S. The van der Waals surface area contributed by atoms with Crippen molar-refractivity contribution < 1.29 is 14.3 Å². The van der Waals surface area contributed by atoms with Crippen molar-refractivity contribution >= 4 is 23.2 Å². The molecule has 0 aliphatic carbocycles. The van der Waals surface area contributed by atoms with E-state index in [0.29, 0.717) is 17.8 Å². The molecule has 3 rings (SSSR count). The summed E-state index contributed by atoms with van der Waals surface area (Å²) in [5.41, 5.74) is 1.08. The molecule has 5 heteroatoms. The van der Waals surface area contributed by atoms with E-state index in [1.54, 1.807) is 4.90 Å². The van der Waals surface area contributed by atoms with Gasteiger partial charge in [-0.15, -0.1) is 11.3 Å². The monoisotopic (exact) mass is 237 g/mol. The first-order chi connectivity index (χ1) is 7.65. The maximum Gasteiger partial charge on any atom is 0.329 e. The number of carbonyl (C=O) groups is 2. The second kappa shape index (κ2) is 3.31. The minimum Gasteiger partial charge on any atom is -0.459 e. The summed E-state index contributed by atoms with van der Waals surface area (Å²) >= 11 is 1.43. The van der Waals surface area contributed by atoms with Gasteiger partial charge in [0.05, 0.1) is 11.4 Å². The van der Waals surface area contributed by atoms with Crippen LogP contribution in [0.1, 0.15) is 21.7 Å². The second-order valence-electron chi connectivity index (χ2n) is 4.26. The van der Waals surface area contributed by atoms with Crippen molar-refractivity contribution in [1.29, 1.82) is 0 Å². The minimum atomic E-state index is -0.347. The zero-order valence-corrected chi connectivity index (χ0v) is 9.62. The number of thiophene rings is 1. The van der Waals surface area contributed by atoms with Gasteiger partial charge in [0.15, 0.2) is 0 Å². The molecule has 0 spiro atoms. The average molecular weight is 237 g/mol. The molecule has 1 amide bonds. The summed E-state index contributed by atoms with van der Waals surface area (Å²) in [4.78, 5) is 25.8. The van der Waals surface area contributed by atoms with Crippen molar-refractivity contribution in [1.82, 2.24) is 4.90 Å². The first kappa shape index (κ1) is 9.84. The SMILES string of the molecule is Cc1csc(C(=O)N2C[C@H]3C[C@H]2C(=O)O3)c1. The molecule has 2 atom stereocenters. The topological polar surface area (TPSA) is 46.6 Å². The van der Waals surface area contributed by atoms with Crippen LogP contribution in [0.15, 0.2) is 11.4 Å². The molecule has 84 valence electrons. The van der Waals surface area contributed by atoms with Crippen LogP contribution in [0.25, 0.3) is 0 Å². The molecule has 0 radical (unpaired) electrons. The van der Waals surface area contributed by atoms with E-state index in [2.05, 4.69) is 0 Å². The fraction of sp³-hybridized carbons (Fsp3) is 0.455. The number of nitrogens with zero attached hydrogens (tertiary/aromatic N) is 1. The summed E-state index contributed by atoms with van der Waals surface area (Å²) in [7, 11) is 0. The third kappa shape index (κ3) is 1.35. The van der Waals surface area contributed by atoms with Crippen molar-refractivity contribution in [3.05, 3.63) is 21.9 Å². The third-order valence-corrected chi connectivity index (χ3v) is 4.06. The Hall–Kier alpha value is -1.36. The summed E-state index contributed by atoms with van der Waals surface area (Å²) in [6.45, 7) is 2.50. The van der Waals surface area contributed by atoms with Gasteiger partial charge in [0.1, 0.15) is 12.1 Å². The van der Waals surface area contributed by atoms with E-state index in [1.807, 2.05) is 18.4 Å². The maximum absolute atomic E-state index is 12.1. The number of likely N-dealkylation sites (tertiary alicyclic amines) is 1. The molecule has 2 saturated heterocycles. The Balaban J connectivity index is 1.84. The van der Waals surface area contributed by atoms with Gasteiger partial charge in [0, 0.05) is 6.42 Å². The zero-order chi connectivity index (χ0) is 11.3. The van der Waals surface area contributed by atoms with Crippen molar-refractivity contribution in [2.24, 2.45) is 0 Å². The largest absolute Gasteiger partial charge is 0.459 e. The first-order valence-electron chi connectivity index (χ1n) is 5.22. The number of fused-ring (bicyclic) bond motifs is 2. The highest BCUT2D eigenvalue weighted by Gasteiger charge is 2.48. The number of amides is 1. The van der Waals surface area contributed by atoms with Crippen LogP contribution in [0.5, 0.6) is 0 Å². The predicted molar refractivity (Wildman–Crippen MR) is 58.4 cm³/mol. The summed E-state index contributed by atoms with van der Waals surface area (Å²) in [5, 5.41) is 1.94. The van der Waals surface area contributed by atoms with Crippen molar-refractivity contribution in [2.75, 3.05) is 6.54 Å². The molecule has 0 N–H and O–H groups in total. The Kier molecular flexibility index (Phi) is 2.04. The van der Waals surface area contributed by atoms with E-state index in [1.165, 1.54) is 11.3 Å². The molecule has 2 bridgehead atoms. The maximum atomic E-state index is 12.1. The van der Waals surface area contributed by atoms with E-state index in [4.69, 9.17) is 4.74 Å². The van der Waals surface area contributed by atoms with E-state index in [-0.39, 0.29) is 24.0 Å². The van der Waals surface area contributed by atoms with Crippen LogP contribution < -0.4 is 0 Å². The lowest BCUT2D eigenvalue weighted by Gasteiger charge is -2.25. The van der Waals surface area contributed by atoms with Crippen LogP contribution in [0.4, 0.5) is 0 Å². The summed E-state index contributed by atoms with van der Waals surface area (Å²) in [5.74, 6) is -0.292. The average Bonchev–Trinajstić information content (AvgIpc) is 2.90. The summed E-state index contributed by atoms with van der Waals surface area (Å²) in [6.07, 6.45) is 0.581. The van der Waals surface area contributed by atoms with E-state index >= 15 is 0 Å². The van der Waals surface area contributed by atoms with E-state index < -0.39 is 0 Å². The smallest absolute Gasteiger partial charge is 0.329 e. The highest BCUT2D eigenvalue weighted by molar-refractivity contribution is 7.12. The van der Waals surface area contributed by atoms with Crippen molar-refractivity contribution in [3.8, 4) is 0 Å². The number of morpholine rings is 1. The number of aryl methyl sites for hydroxylation is 1. The number of hydrogen-bond donors (Lipinski definition) is 0. The van der Waals surface area contributed by atoms with Crippen molar-refractivity contribution in [2.45, 2.75) is 25.5 Å². The lowest BCUT2D eigenvalue weighted by atomic mass is 10.2. The van der Waals surface area contributed by atoms with Crippen LogP contribution in [0.2, 0.25) is 0 Å². The summed E-state index contributed by atoms with van der Waals surface area (Å²) < 4.78 is 5.05. The number of carbonyl (C=O) groups excluding carboxylic acids is 2. The zero-order valence-electron chi connectivity index (χ0n) is 8.80. The molecular weight excluding hydrogens is 226 g/mol. The van der Waals surface area contributed by atoms with Gasteiger partial charge in [-0.3, -0.25) is 4.79 Å². The second-order valence-corrected chi connectivity index (χ2v) is 5.17. The minimum absolute atomic E-state index is 0.0396. The molecule has 4 nitrogen and oxygen atoms in total. The van der Waals surface area contributed by atoms with Gasteiger partial charge in [-0.25, -0.2) is 4.79 Å². The van der Waals surface area contributed by atoms with Crippen molar-refractivity contribution in [3.63, 3.8) is 0 Å². The lowest BCUT2D eigenvalue weighted by molar-refractivity contribution is -0.149. The van der Waals surface area contributed by atoms with Gasteiger partial charge < -0.3 is 9.64 Å². The van der Waals surface area contributed by atoms with Gasteiger partial charge in [0.25, 0.3) is 5.91 Å². The number of rotatable bonds is 1. The fourth-order valence-corrected chi connectivity index (χ4v) is 3.11. The van der Waals surface area contributed by atoms with Gasteiger partial charge in [-0.05, 0) is 23.9 Å². The number of esters is 1. The van der Waals surface area contributed by atoms with Gasteiger partial charge >= 0.3 is 5.97 Å². The van der Waals surface area contributed by atoms with E-state index in [9.17, 15) is 9.59 Å². The van der Waals surface area contributed by atoms with Crippen LogP contribution in [-0.2, 0) is 9.53 Å². The highest BCUT2D eigenvalue weighted by atomic mass is 32.1. The van der Waals surface area contributed by atoms with E-state index in [0.717, 1.165) is 5.56 Å². The molecule has 2 aliphatic heterocycles. The molecule has 2 aliphatic rings. The highest BCUT2D eigenvalue weighted by Crippen LogP contribution is 2.31. The van der Waals surface area contributed by atoms with Crippen LogP contribution in [-0.4, -0.2) is 35.5 Å². The molecule has 1 aromatic rings. The Labute approximate surface area is 96.8 Å². The molecule has 0 unspecified atom stereocenters. The van der Waals surface area contributed by atoms with Gasteiger partial charge in [-0.1, -0.05) is 0 Å². The molecule has 2 fully saturated rings. The molecule has 0 saturated carbocycles. The Morgan fingerprint density at radius 3 is 3.00 bits per heavy atom. The Morgan fingerprint density at radius 1 is 1.62 bits per heavy atom. The number of ether oxygens (including phenoxy) is 1. The normalized spacial score (nSPS) is 27.3. The molecule has 16 heavy (non-hydrogen) atoms.